The molecule has 1 rings (SSSR count). The Bertz CT molecular complexity index is 542. The second-order valence-corrected chi connectivity index (χ2v) is 6.26. The molecule has 1 aromatic rings. The highest BCUT2D eigenvalue weighted by molar-refractivity contribution is 9.10. The Morgan fingerprint density at radius 3 is 2.48 bits per heavy atom. The van der Waals surface area contributed by atoms with E-state index in [4.69, 9.17) is 9.84 Å². The molecule has 0 bridgehead atoms. The van der Waals surface area contributed by atoms with Crippen LogP contribution in [0.3, 0.4) is 0 Å². The first-order chi connectivity index (χ1) is 9.61. The monoisotopic (exact) mass is 361 g/mol. The molecule has 1 N–H and O–H groups in total. The third-order valence-corrected chi connectivity index (χ3v) is 3.27. The Morgan fingerprint density at radius 2 is 2.00 bits per heavy atom. The topological polar surface area (TPSA) is 66.8 Å². The quantitative estimate of drug-likeness (QED) is 0.875. The summed E-state index contributed by atoms with van der Waals surface area (Å²) in [5.41, 5.74) is -0.640. The van der Waals surface area contributed by atoms with Crippen molar-refractivity contribution >= 4 is 27.8 Å². The van der Waals surface area contributed by atoms with Gasteiger partial charge in [0.25, 0.3) is 5.91 Å². The average Bonchev–Trinajstić information content (AvgIpc) is 2.33. The van der Waals surface area contributed by atoms with Gasteiger partial charge in [0.1, 0.15) is 18.1 Å². The zero-order valence-electron chi connectivity index (χ0n) is 12.0. The lowest BCUT2D eigenvalue weighted by Crippen LogP contribution is -2.50. The van der Waals surface area contributed by atoms with E-state index >= 15 is 0 Å². The smallest absolute Gasteiger partial charge is 0.323 e. The van der Waals surface area contributed by atoms with E-state index in [-0.39, 0.29) is 6.61 Å². The molecule has 0 radical (unpaired) electrons. The van der Waals surface area contributed by atoms with Crippen molar-refractivity contribution < 1.29 is 23.8 Å². The van der Waals surface area contributed by atoms with Crippen LogP contribution in [-0.2, 0) is 9.59 Å². The van der Waals surface area contributed by atoms with E-state index < -0.39 is 29.8 Å². The SMILES string of the molecule is CC(C)(C)N(CC(=O)O)C(=O)COc1ccc(F)cc1Br. The second-order valence-electron chi connectivity index (χ2n) is 5.41. The number of hydrogen-bond acceptors (Lipinski definition) is 3. The molecule has 21 heavy (non-hydrogen) atoms. The zero-order valence-corrected chi connectivity index (χ0v) is 13.6. The maximum atomic E-state index is 12.9. The van der Waals surface area contributed by atoms with Crippen LogP contribution in [0.25, 0.3) is 0 Å². The van der Waals surface area contributed by atoms with Crippen molar-refractivity contribution in [2.24, 2.45) is 0 Å². The summed E-state index contributed by atoms with van der Waals surface area (Å²) in [6.45, 7) is 4.48. The molecule has 1 aromatic carbocycles. The van der Waals surface area contributed by atoms with Gasteiger partial charge in [-0.15, -0.1) is 0 Å². The molecule has 5 nitrogen and oxygen atoms in total. The molecule has 0 fully saturated rings. The number of rotatable bonds is 5. The minimum atomic E-state index is -1.10. The molecule has 7 heteroatoms. The largest absolute Gasteiger partial charge is 0.483 e. The predicted molar refractivity (Wildman–Crippen MR) is 78.7 cm³/mol. The van der Waals surface area contributed by atoms with Crippen molar-refractivity contribution in [1.82, 2.24) is 4.90 Å². The summed E-state index contributed by atoms with van der Waals surface area (Å²) in [5.74, 6) is -1.67. The van der Waals surface area contributed by atoms with Crippen LogP contribution in [0.4, 0.5) is 4.39 Å². The number of hydrogen-bond donors (Lipinski definition) is 1. The van der Waals surface area contributed by atoms with Gasteiger partial charge in [-0.05, 0) is 54.9 Å². The fourth-order valence-electron chi connectivity index (χ4n) is 1.64. The van der Waals surface area contributed by atoms with E-state index in [2.05, 4.69) is 15.9 Å². The Kier molecular flexibility index (Phi) is 5.71. The van der Waals surface area contributed by atoms with Crippen LogP contribution >= 0.6 is 15.9 Å². The van der Waals surface area contributed by atoms with Gasteiger partial charge in [0, 0.05) is 5.54 Å². The van der Waals surface area contributed by atoms with Crippen molar-refractivity contribution in [1.29, 1.82) is 0 Å². The van der Waals surface area contributed by atoms with Crippen LogP contribution in [0.5, 0.6) is 5.75 Å². The van der Waals surface area contributed by atoms with E-state index in [0.717, 1.165) is 0 Å². The van der Waals surface area contributed by atoms with Gasteiger partial charge in [0.15, 0.2) is 6.61 Å². The number of halogens is 2. The van der Waals surface area contributed by atoms with Crippen molar-refractivity contribution in [2.75, 3.05) is 13.2 Å². The first-order valence-electron chi connectivity index (χ1n) is 6.21. The van der Waals surface area contributed by atoms with Crippen molar-refractivity contribution in [2.45, 2.75) is 26.3 Å². The molecule has 0 aliphatic heterocycles. The summed E-state index contributed by atoms with van der Waals surface area (Å²) in [6, 6.07) is 3.83. The summed E-state index contributed by atoms with van der Waals surface area (Å²) in [7, 11) is 0. The van der Waals surface area contributed by atoms with Gasteiger partial charge in [-0.1, -0.05) is 0 Å². The van der Waals surface area contributed by atoms with E-state index in [1.54, 1.807) is 20.8 Å². The molecule has 116 valence electrons. The lowest BCUT2D eigenvalue weighted by molar-refractivity contribution is -0.149. The van der Waals surface area contributed by atoms with E-state index in [1.807, 2.05) is 0 Å². The second kappa shape index (κ2) is 6.89. The number of aliphatic carboxylic acids is 1. The number of ether oxygens (including phenoxy) is 1. The van der Waals surface area contributed by atoms with Crippen LogP contribution in [0.15, 0.2) is 22.7 Å². The third-order valence-electron chi connectivity index (χ3n) is 2.65. The van der Waals surface area contributed by atoms with Crippen molar-refractivity contribution in [3.63, 3.8) is 0 Å². The summed E-state index contributed by atoms with van der Waals surface area (Å²) in [4.78, 5) is 24.2. The Morgan fingerprint density at radius 1 is 1.38 bits per heavy atom. The summed E-state index contributed by atoms with van der Waals surface area (Å²) < 4.78 is 18.6. The highest BCUT2D eigenvalue weighted by atomic mass is 79.9. The van der Waals surface area contributed by atoms with Gasteiger partial charge in [0.05, 0.1) is 4.47 Å². The lowest BCUT2D eigenvalue weighted by Gasteiger charge is -2.34. The molecular weight excluding hydrogens is 345 g/mol. The molecule has 0 spiro atoms. The van der Waals surface area contributed by atoms with Crippen molar-refractivity contribution in [3.8, 4) is 5.75 Å². The molecule has 0 atom stereocenters. The van der Waals surface area contributed by atoms with Gasteiger partial charge in [-0.2, -0.15) is 0 Å². The molecule has 0 saturated heterocycles. The number of benzene rings is 1. The van der Waals surface area contributed by atoms with Crippen LogP contribution in [0.1, 0.15) is 20.8 Å². The third kappa shape index (κ3) is 5.34. The highest BCUT2D eigenvalue weighted by Crippen LogP contribution is 2.25. The summed E-state index contributed by atoms with van der Waals surface area (Å²) >= 11 is 3.13. The van der Waals surface area contributed by atoms with E-state index in [0.29, 0.717) is 10.2 Å². The molecule has 0 unspecified atom stereocenters. The normalized spacial score (nSPS) is 11.1. The zero-order chi connectivity index (χ0) is 16.2. The molecule has 0 aliphatic rings. The average molecular weight is 362 g/mol. The Hall–Kier alpha value is -1.63. The Balaban J connectivity index is 2.76. The van der Waals surface area contributed by atoms with Gasteiger partial charge < -0.3 is 14.7 Å². The van der Waals surface area contributed by atoms with Gasteiger partial charge in [0.2, 0.25) is 0 Å². The Labute approximate surface area is 130 Å². The standard InChI is InChI=1S/C14H17BrFNO4/c1-14(2,3)17(7-13(19)20)12(18)8-21-11-5-4-9(16)6-10(11)15/h4-6H,7-8H2,1-3H3,(H,19,20). The minimum absolute atomic E-state index is 0.314. The fourth-order valence-corrected chi connectivity index (χ4v) is 2.11. The van der Waals surface area contributed by atoms with Crippen LogP contribution in [0.2, 0.25) is 0 Å². The van der Waals surface area contributed by atoms with Crippen molar-refractivity contribution in [3.05, 3.63) is 28.5 Å². The lowest BCUT2D eigenvalue weighted by atomic mass is 10.1. The number of amides is 1. The van der Waals surface area contributed by atoms with Crippen LogP contribution in [0, 0.1) is 5.82 Å². The van der Waals surface area contributed by atoms with Gasteiger partial charge in [-0.25, -0.2) is 4.39 Å². The first kappa shape index (κ1) is 17.4. The van der Waals surface area contributed by atoms with Crippen LogP contribution < -0.4 is 4.74 Å². The number of carbonyl (C=O) groups excluding carboxylic acids is 1. The highest BCUT2D eigenvalue weighted by Gasteiger charge is 2.28. The summed E-state index contributed by atoms with van der Waals surface area (Å²) in [6.07, 6.45) is 0. The van der Waals surface area contributed by atoms with Crippen LogP contribution in [-0.4, -0.2) is 40.6 Å². The minimum Gasteiger partial charge on any atom is -0.483 e. The number of nitrogens with zero attached hydrogens (tertiary/aromatic N) is 1. The molecule has 0 aromatic heterocycles. The molecular formula is C14H17BrFNO4. The van der Waals surface area contributed by atoms with Gasteiger partial charge >= 0.3 is 5.97 Å². The van der Waals surface area contributed by atoms with E-state index in [9.17, 15) is 14.0 Å². The molecule has 0 saturated carbocycles. The molecule has 0 aliphatic carbocycles. The first-order valence-corrected chi connectivity index (χ1v) is 7.00. The number of carboxylic acids is 1. The number of carbonyl (C=O) groups is 2. The predicted octanol–water partition coefficient (Wildman–Crippen LogP) is 2.68. The van der Waals surface area contributed by atoms with E-state index in [1.165, 1.54) is 23.1 Å². The maximum Gasteiger partial charge on any atom is 0.323 e. The fraction of sp³-hybridized carbons (Fsp3) is 0.429. The molecule has 0 heterocycles. The summed E-state index contributed by atoms with van der Waals surface area (Å²) in [5, 5.41) is 8.87. The molecule has 1 amide bonds. The van der Waals surface area contributed by atoms with Gasteiger partial charge in [-0.3, -0.25) is 9.59 Å². The maximum absolute atomic E-state index is 12.9. The number of carboxylic acid groups (broad SMARTS) is 1.